The summed E-state index contributed by atoms with van der Waals surface area (Å²) in [7, 11) is 0. The zero-order valence-corrected chi connectivity index (χ0v) is 6.60. The van der Waals surface area contributed by atoms with Crippen LogP contribution in [0.4, 0.5) is 4.39 Å². The Morgan fingerprint density at radius 3 is 2.90 bits per heavy atom. The quantitative estimate of drug-likeness (QED) is 0.705. The van der Waals surface area contributed by atoms with Crippen LogP contribution < -0.4 is 0 Å². The lowest BCUT2D eigenvalue weighted by molar-refractivity contribution is 0.281. The van der Waals surface area contributed by atoms with Crippen molar-refractivity contribution in [1.82, 2.24) is 4.98 Å². The molecule has 1 aromatic heterocycles. The number of aliphatic hydroxyl groups is 1. The fourth-order valence-corrected chi connectivity index (χ4v) is 0.944. The Labute approximate surface area is 65.8 Å². The molecule has 54 valence electrons. The third-order valence-electron chi connectivity index (χ3n) is 1.04. The first-order valence-corrected chi connectivity index (χ1v) is 3.44. The molecule has 0 unspecified atom stereocenters. The standard InChI is InChI=1S/C6H5BrFNO/c7-5-1-4(3-10)2-9-6(5)8/h1-2,10H,3H2. The van der Waals surface area contributed by atoms with E-state index < -0.39 is 5.95 Å². The Hall–Kier alpha value is -0.480. The van der Waals surface area contributed by atoms with Gasteiger partial charge in [-0.3, -0.25) is 0 Å². The Balaban J connectivity index is 3.04. The molecule has 2 nitrogen and oxygen atoms in total. The summed E-state index contributed by atoms with van der Waals surface area (Å²) >= 11 is 2.94. The van der Waals surface area contributed by atoms with Crippen molar-refractivity contribution in [3.63, 3.8) is 0 Å². The summed E-state index contributed by atoms with van der Waals surface area (Å²) in [6, 6.07) is 1.49. The van der Waals surface area contributed by atoms with Crippen LogP contribution in [0.5, 0.6) is 0 Å². The lowest BCUT2D eigenvalue weighted by atomic mass is 10.3. The SMILES string of the molecule is OCc1cnc(F)c(Br)c1. The molecule has 0 amide bonds. The van der Waals surface area contributed by atoms with Gasteiger partial charge >= 0.3 is 0 Å². The normalized spacial score (nSPS) is 9.90. The number of nitrogens with zero attached hydrogens (tertiary/aromatic N) is 1. The summed E-state index contributed by atoms with van der Waals surface area (Å²) in [6.45, 7) is -0.119. The first-order chi connectivity index (χ1) is 4.74. The van der Waals surface area contributed by atoms with Crippen LogP contribution in [-0.4, -0.2) is 10.1 Å². The molecule has 0 fully saturated rings. The first kappa shape index (κ1) is 7.63. The van der Waals surface area contributed by atoms with Crippen molar-refractivity contribution in [2.24, 2.45) is 0 Å². The molecule has 0 aliphatic heterocycles. The van der Waals surface area contributed by atoms with Crippen molar-refractivity contribution in [3.05, 3.63) is 28.2 Å². The Bertz CT molecular complexity index is 241. The third kappa shape index (κ3) is 1.52. The molecule has 0 radical (unpaired) electrons. The lowest BCUT2D eigenvalue weighted by Crippen LogP contribution is -1.89. The Morgan fingerprint density at radius 2 is 2.40 bits per heavy atom. The summed E-state index contributed by atoms with van der Waals surface area (Å²) in [5.41, 5.74) is 0.591. The highest BCUT2D eigenvalue weighted by molar-refractivity contribution is 9.10. The highest BCUT2D eigenvalue weighted by Gasteiger charge is 1.99. The summed E-state index contributed by atoms with van der Waals surface area (Å²) in [4.78, 5) is 3.38. The fourth-order valence-electron chi connectivity index (χ4n) is 0.547. The number of aliphatic hydroxyl groups excluding tert-OH is 1. The maximum absolute atomic E-state index is 12.4. The smallest absolute Gasteiger partial charge is 0.227 e. The maximum atomic E-state index is 12.4. The van der Waals surface area contributed by atoms with Gasteiger partial charge in [-0.05, 0) is 27.6 Å². The second-order valence-electron chi connectivity index (χ2n) is 1.77. The van der Waals surface area contributed by atoms with E-state index in [1.54, 1.807) is 0 Å². The van der Waals surface area contributed by atoms with Gasteiger partial charge in [-0.15, -0.1) is 0 Å². The Kier molecular flexibility index (Phi) is 2.34. The van der Waals surface area contributed by atoms with Gasteiger partial charge in [-0.1, -0.05) is 0 Å². The van der Waals surface area contributed by atoms with Gasteiger partial charge in [0.25, 0.3) is 0 Å². The Morgan fingerprint density at radius 1 is 1.70 bits per heavy atom. The maximum Gasteiger partial charge on any atom is 0.227 e. The molecule has 0 atom stereocenters. The molecular formula is C6H5BrFNO. The number of halogens is 2. The van der Waals surface area contributed by atoms with Crippen LogP contribution in [0, 0.1) is 5.95 Å². The van der Waals surface area contributed by atoms with E-state index in [1.807, 2.05) is 0 Å². The molecular weight excluding hydrogens is 201 g/mol. The molecule has 1 N–H and O–H groups in total. The van der Waals surface area contributed by atoms with Gasteiger partial charge in [0.15, 0.2) is 0 Å². The van der Waals surface area contributed by atoms with Crippen LogP contribution in [0.15, 0.2) is 16.7 Å². The predicted octanol–water partition coefficient (Wildman–Crippen LogP) is 1.48. The predicted molar refractivity (Wildman–Crippen MR) is 37.8 cm³/mol. The summed E-state index contributed by atoms with van der Waals surface area (Å²) in [6.07, 6.45) is 1.29. The summed E-state index contributed by atoms with van der Waals surface area (Å²) < 4.78 is 12.7. The van der Waals surface area contributed by atoms with E-state index in [2.05, 4.69) is 20.9 Å². The van der Waals surface area contributed by atoms with Crippen LogP contribution in [0.25, 0.3) is 0 Å². The average molecular weight is 206 g/mol. The van der Waals surface area contributed by atoms with Gasteiger partial charge in [-0.2, -0.15) is 4.39 Å². The van der Waals surface area contributed by atoms with Crippen molar-refractivity contribution in [2.75, 3.05) is 0 Å². The van der Waals surface area contributed by atoms with Crippen LogP contribution in [0.2, 0.25) is 0 Å². The number of hydrogen-bond acceptors (Lipinski definition) is 2. The highest BCUT2D eigenvalue weighted by Crippen LogP contribution is 2.13. The van der Waals surface area contributed by atoms with Crippen molar-refractivity contribution >= 4 is 15.9 Å². The summed E-state index contributed by atoms with van der Waals surface area (Å²) in [5.74, 6) is -0.558. The van der Waals surface area contributed by atoms with E-state index in [9.17, 15) is 4.39 Å². The van der Waals surface area contributed by atoms with Crippen molar-refractivity contribution in [2.45, 2.75) is 6.61 Å². The topological polar surface area (TPSA) is 33.1 Å². The molecule has 0 saturated carbocycles. The number of rotatable bonds is 1. The van der Waals surface area contributed by atoms with Crippen molar-refractivity contribution in [3.8, 4) is 0 Å². The molecule has 0 spiro atoms. The second kappa shape index (κ2) is 3.07. The van der Waals surface area contributed by atoms with E-state index in [1.165, 1.54) is 12.3 Å². The number of aromatic nitrogens is 1. The fraction of sp³-hybridized carbons (Fsp3) is 0.167. The van der Waals surface area contributed by atoms with Crippen molar-refractivity contribution in [1.29, 1.82) is 0 Å². The van der Waals surface area contributed by atoms with Gasteiger partial charge in [0.2, 0.25) is 5.95 Å². The molecule has 1 heterocycles. The average Bonchev–Trinajstić information content (AvgIpc) is 1.95. The monoisotopic (exact) mass is 205 g/mol. The first-order valence-electron chi connectivity index (χ1n) is 2.65. The van der Waals surface area contributed by atoms with Gasteiger partial charge in [0, 0.05) is 6.20 Å². The van der Waals surface area contributed by atoms with Gasteiger partial charge in [0.1, 0.15) is 0 Å². The van der Waals surface area contributed by atoms with Crippen LogP contribution in [-0.2, 0) is 6.61 Å². The van der Waals surface area contributed by atoms with Crippen LogP contribution in [0.3, 0.4) is 0 Å². The van der Waals surface area contributed by atoms with Gasteiger partial charge in [-0.25, -0.2) is 4.98 Å². The minimum atomic E-state index is -0.558. The highest BCUT2D eigenvalue weighted by atomic mass is 79.9. The molecule has 10 heavy (non-hydrogen) atoms. The minimum Gasteiger partial charge on any atom is -0.392 e. The van der Waals surface area contributed by atoms with E-state index in [-0.39, 0.29) is 11.1 Å². The number of hydrogen-bond donors (Lipinski definition) is 1. The van der Waals surface area contributed by atoms with Crippen LogP contribution >= 0.6 is 15.9 Å². The van der Waals surface area contributed by atoms with E-state index >= 15 is 0 Å². The molecule has 1 rings (SSSR count). The minimum absolute atomic E-state index is 0.119. The molecule has 0 bridgehead atoms. The van der Waals surface area contributed by atoms with E-state index in [0.29, 0.717) is 5.56 Å². The lowest BCUT2D eigenvalue weighted by Gasteiger charge is -1.95. The largest absolute Gasteiger partial charge is 0.392 e. The second-order valence-corrected chi connectivity index (χ2v) is 2.63. The van der Waals surface area contributed by atoms with Gasteiger partial charge in [0.05, 0.1) is 11.1 Å². The molecule has 0 saturated heterocycles. The zero-order valence-electron chi connectivity index (χ0n) is 5.01. The molecule has 0 aliphatic carbocycles. The van der Waals surface area contributed by atoms with Crippen LogP contribution in [0.1, 0.15) is 5.56 Å². The number of pyridine rings is 1. The molecule has 0 aliphatic rings. The molecule has 1 aromatic rings. The van der Waals surface area contributed by atoms with E-state index in [0.717, 1.165) is 0 Å². The molecule has 4 heteroatoms. The van der Waals surface area contributed by atoms with Crippen molar-refractivity contribution < 1.29 is 9.50 Å². The third-order valence-corrected chi connectivity index (χ3v) is 1.59. The van der Waals surface area contributed by atoms with E-state index in [4.69, 9.17) is 5.11 Å². The van der Waals surface area contributed by atoms with Gasteiger partial charge < -0.3 is 5.11 Å². The summed E-state index contributed by atoms with van der Waals surface area (Å²) in [5, 5.41) is 8.57. The molecule has 0 aromatic carbocycles. The zero-order chi connectivity index (χ0) is 7.56.